The Bertz CT molecular complexity index is 939. The second-order valence-corrected chi connectivity index (χ2v) is 6.05. The van der Waals surface area contributed by atoms with Gasteiger partial charge in [-0.3, -0.25) is 14.8 Å². The number of fused-ring (bicyclic) bond motifs is 3. The van der Waals surface area contributed by atoms with Gasteiger partial charge in [0.25, 0.3) is 5.56 Å². The highest BCUT2D eigenvalue weighted by molar-refractivity contribution is 7.21. The SMILES string of the molecule is COC(=N)c1nc2ccc3ncn(C4CC4)c(=O)c3c2s1. The van der Waals surface area contributed by atoms with Crippen LogP contribution in [-0.4, -0.2) is 27.5 Å². The molecule has 21 heavy (non-hydrogen) atoms. The lowest BCUT2D eigenvalue weighted by molar-refractivity contribution is 0.401. The van der Waals surface area contributed by atoms with Gasteiger partial charge in [0.2, 0.25) is 5.90 Å². The van der Waals surface area contributed by atoms with Crippen molar-refractivity contribution in [3.05, 3.63) is 33.8 Å². The van der Waals surface area contributed by atoms with Crippen LogP contribution in [0.5, 0.6) is 0 Å². The summed E-state index contributed by atoms with van der Waals surface area (Å²) in [6.45, 7) is 0. The van der Waals surface area contributed by atoms with E-state index >= 15 is 0 Å². The Morgan fingerprint density at radius 1 is 1.43 bits per heavy atom. The molecule has 1 saturated carbocycles. The molecule has 0 bridgehead atoms. The predicted molar refractivity (Wildman–Crippen MR) is 81.3 cm³/mol. The van der Waals surface area contributed by atoms with Gasteiger partial charge in [0, 0.05) is 6.04 Å². The zero-order valence-electron chi connectivity index (χ0n) is 11.3. The molecule has 2 aromatic heterocycles. The van der Waals surface area contributed by atoms with Crippen LogP contribution >= 0.6 is 11.3 Å². The van der Waals surface area contributed by atoms with Gasteiger partial charge in [-0.2, -0.15) is 0 Å². The molecular formula is C14H12N4O2S. The summed E-state index contributed by atoms with van der Waals surface area (Å²) in [6, 6.07) is 3.92. The number of thiazole rings is 1. The van der Waals surface area contributed by atoms with E-state index in [0.717, 1.165) is 17.5 Å². The zero-order chi connectivity index (χ0) is 14.6. The van der Waals surface area contributed by atoms with Crippen LogP contribution in [-0.2, 0) is 4.74 Å². The summed E-state index contributed by atoms with van der Waals surface area (Å²) < 4.78 is 7.40. The molecule has 0 saturated heterocycles. The Kier molecular flexibility index (Phi) is 2.58. The Balaban J connectivity index is 2.07. The lowest BCUT2D eigenvalue weighted by Crippen LogP contribution is -2.19. The largest absolute Gasteiger partial charge is 0.479 e. The summed E-state index contributed by atoms with van der Waals surface area (Å²) in [4.78, 5) is 21.4. The molecule has 2 heterocycles. The van der Waals surface area contributed by atoms with Crippen molar-refractivity contribution in [3.8, 4) is 0 Å². The first-order valence-corrected chi connectivity index (χ1v) is 7.44. The topological polar surface area (TPSA) is 80.9 Å². The molecule has 1 fully saturated rings. The molecule has 0 atom stereocenters. The number of rotatable bonds is 2. The van der Waals surface area contributed by atoms with Crippen LogP contribution in [0.25, 0.3) is 21.1 Å². The smallest absolute Gasteiger partial charge is 0.262 e. The number of nitrogens with one attached hydrogen (secondary N) is 1. The fraction of sp³-hybridized carbons (Fsp3) is 0.286. The number of hydrogen-bond donors (Lipinski definition) is 1. The van der Waals surface area contributed by atoms with Crippen LogP contribution < -0.4 is 5.56 Å². The van der Waals surface area contributed by atoms with Gasteiger partial charge in [0.15, 0.2) is 5.01 Å². The molecule has 1 N–H and O–H groups in total. The average Bonchev–Trinajstić information content (AvgIpc) is 3.24. The lowest BCUT2D eigenvalue weighted by atomic mass is 10.2. The number of methoxy groups -OCH3 is 1. The number of nitrogens with zero attached hydrogens (tertiary/aromatic N) is 3. The lowest BCUT2D eigenvalue weighted by Gasteiger charge is -2.04. The summed E-state index contributed by atoms with van der Waals surface area (Å²) >= 11 is 1.30. The van der Waals surface area contributed by atoms with Gasteiger partial charge in [-0.05, 0) is 25.0 Å². The first kappa shape index (κ1) is 12.5. The van der Waals surface area contributed by atoms with E-state index in [2.05, 4.69) is 9.97 Å². The number of ether oxygens (including phenoxy) is 1. The summed E-state index contributed by atoms with van der Waals surface area (Å²) in [5.41, 5.74) is 1.35. The van der Waals surface area contributed by atoms with E-state index < -0.39 is 0 Å². The summed E-state index contributed by atoms with van der Waals surface area (Å²) in [7, 11) is 1.44. The molecule has 1 aliphatic rings. The predicted octanol–water partition coefficient (Wildman–Crippen LogP) is 2.31. The minimum absolute atomic E-state index is 0.00996. The van der Waals surface area contributed by atoms with Gasteiger partial charge in [0.1, 0.15) is 0 Å². The minimum Gasteiger partial charge on any atom is -0.479 e. The second kappa shape index (κ2) is 4.36. The Morgan fingerprint density at radius 2 is 2.19 bits per heavy atom. The van der Waals surface area contributed by atoms with Crippen LogP contribution in [0.15, 0.2) is 23.3 Å². The molecule has 4 rings (SSSR count). The van der Waals surface area contributed by atoms with E-state index in [-0.39, 0.29) is 17.5 Å². The fourth-order valence-corrected chi connectivity index (χ4v) is 3.42. The van der Waals surface area contributed by atoms with Crippen LogP contribution in [0.2, 0.25) is 0 Å². The summed E-state index contributed by atoms with van der Waals surface area (Å²) in [6.07, 6.45) is 3.70. The molecule has 1 aromatic carbocycles. The maximum absolute atomic E-state index is 12.7. The van der Waals surface area contributed by atoms with E-state index in [1.807, 2.05) is 6.07 Å². The fourth-order valence-electron chi connectivity index (χ4n) is 2.40. The van der Waals surface area contributed by atoms with Gasteiger partial charge >= 0.3 is 0 Å². The van der Waals surface area contributed by atoms with E-state index in [9.17, 15) is 4.79 Å². The highest BCUT2D eigenvalue weighted by atomic mass is 32.1. The molecule has 3 aromatic rings. The van der Waals surface area contributed by atoms with Crippen molar-refractivity contribution < 1.29 is 4.74 Å². The third-order valence-corrected chi connectivity index (χ3v) is 4.73. The normalized spacial score (nSPS) is 14.7. The van der Waals surface area contributed by atoms with Gasteiger partial charge < -0.3 is 4.74 Å². The molecule has 0 spiro atoms. The molecule has 6 nitrogen and oxygen atoms in total. The number of hydrogen-bond acceptors (Lipinski definition) is 6. The maximum atomic E-state index is 12.7. The van der Waals surface area contributed by atoms with Crippen molar-refractivity contribution in [3.63, 3.8) is 0 Å². The van der Waals surface area contributed by atoms with Gasteiger partial charge in [0.05, 0.1) is 34.6 Å². The highest BCUT2D eigenvalue weighted by Crippen LogP contribution is 2.34. The Labute approximate surface area is 123 Å². The monoisotopic (exact) mass is 300 g/mol. The van der Waals surface area contributed by atoms with E-state index in [1.165, 1.54) is 18.4 Å². The van der Waals surface area contributed by atoms with Crippen LogP contribution in [0.4, 0.5) is 0 Å². The third-order valence-electron chi connectivity index (χ3n) is 3.64. The van der Waals surface area contributed by atoms with E-state index in [1.54, 1.807) is 17.0 Å². The van der Waals surface area contributed by atoms with Gasteiger partial charge in [-0.1, -0.05) is 0 Å². The van der Waals surface area contributed by atoms with Crippen LogP contribution in [0, 0.1) is 5.41 Å². The third kappa shape index (κ3) is 1.84. The van der Waals surface area contributed by atoms with Crippen LogP contribution in [0.3, 0.4) is 0 Å². The number of aromatic nitrogens is 3. The first-order valence-electron chi connectivity index (χ1n) is 6.62. The van der Waals surface area contributed by atoms with Crippen molar-refractivity contribution in [2.75, 3.05) is 7.11 Å². The highest BCUT2D eigenvalue weighted by Gasteiger charge is 2.26. The maximum Gasteiger partial charge on any atom is 0.262 e. The Hall–Kier alpha value is -2.28. The molecule has 0 amide bonds. The molecule has 0 unspecified atom stereocenters. The van der Waals surface area contributed by atoms with E-state index in [4.69, 9.17) is 10.1 Å². The zero-order valence-corrected chi connectivity index (χ0v) is 12.1. The summed E-state index contributed by atoms with van der Waals surface area (Å²) in [5, 5.41) is 8.79. The molecule has 7 heteroatoms. The summed E-state index contributed by atoms with van der Waals surface area (Å²) in [5.74, 6) is 0.00996. The molecule has 0 radical (unpaired) electrons. The van der Waals surface area contributed by atoms with Crippen molar-refractivity contribution >= 4 is 38.4 Å². The van der Waals surface area contributed by atoms with Crippen molar-refractivity contribution in [2.45, 2.75) is 18.9 Å². The molecule has 1 aliphatic carbocycles. The van der Waals surface area contributed by atoms with Gasteiger partial charge in [-0.15, -0.1) is 11.3 Å². The van der Waals surface area contributed by atoms with Crippen molar-refractivity contribution in [1.82, 2.24) is 14.5 Å². The van der Waals surface area contributed by atoms with Crippen LogP contribution in [0.1, 0.15) is 23.9 Å². The first-order chi connectivity index (χ1) is 10.2. The standard InChI is InChI=1S/C14H12N4O2S/c1-20-12(15)13-17-9-5-4-8-10(11(9)21-13)14(19)18(6-16-8)7-2-3-7/h4-7,15H,2-3H2,1H3. The second-order valence-electron chi connectivity index (χ2n) is 5.05. The van der Waals surface area contributed by atoms with Gasteiger partial charge in [-0.25, -0.2) is 9.97 Å². The van der Waals surface area contributed by atoms with E-state index in [0.29, 0.717) is 21.4 Å². The van der Waals surface area contributed by atoms with Crippen molar-refractivity contribution in [1.29, 1.82) is 5.41 Å². The van der Waals surface area contributed by atoms with Crippen molar-refractivity contribution in [2.24, 2.45) is 0 Å². The quantitative estimate of drug-likeness (QED) is 0.581. The Morgan fingerprint density at radius 3 is 2.90 bits per heavy atom. The number of benzene rings is 1. The molecule has 106 valence electrons. The molecule has 0 aliphatic heterocycles. The molecular weight excluding hydrogens is 288 g/mol. The minimum atomic E-state index is -0.0211. The average molecular weight is 300 g/mol.